The molecule has 2 aromatic carbocycles. The summed E-state index contributed by atoms with van der Waals surface area (Å²) in [6.07, 6.45) is -4.51. The van der Waals surface area contributed by atoms with Crippen molar-refractivity contribution >= 4 is 78.2 Å². The number of para-hydroxylation sites is 2. The molecular formula is C32H32N6O6S4. The van der Waals surface area contributed by atoms with Crippen molar-refractivity contribution in [2.45, 2.75) is 81.5 Å². The molecule has 12 rings (SSSR count). The Morgan fingerprint density at radius 3 is 1.38 bits per heavy atom. The second-order valence-corrected chi connectivity index (χ2v) is 19.1. The maximum absolute atomic E-state index is 14.9. The van der Waals surface area contributed by atoms with Crippen molar-refractivity contribution in [1.82, 2.24) is 19.6 Å². The van der Waals surface area contributed by atoms with Gasteiger partial charge < -0.3 is 30.6 Å². The van der Waals surface area contributed by atoms with Gasteiger partial charge in [0, 0.05) is 25.5 Å². The third-order valence-corrected chi connectivity index (χ3v) is 20.3. The molecule has 8 fully saturated rings. The molecule has 0 unspecified atom stereocenters. The molecular weight excluding hydrogens is 693 g/mol. The van der Waals surface area contributed by atoms with Gasteiger partial charge in [0.05, 0.1) is 10.8 Å². The first kappa shape index (κ1) is 30.1. The quantitative estimate of drug-likeness (QED) is 0.344. The van der Waals surface area contributed by atoms with Gasteiger partial charge in [-0.2, -0.15) is 0 Å². The van der Waals surface area contributed by atoms with Crippen LogP contribution in [0.25, 0.3) is 0 Å². The van der Waals surface area contributed by atoms with Crippen LogP contribution < -0.4 is 10.6 Å². The number of benzene rings is 2. The first-order chi connectivity index (χ1) is 23.0. The third-order valence-electron chi connectivity index (χ3n) is 12.7. The number of likely N-dealkylation sites (N-methyl/N-ethyl adjacent to an activating group) is 2. The lowest BCUT2D eigenvalue weighted by molar-refractivity contribution is -0.167. The summed E-state index contributed by atoms with van der Waals surface area (Å²) in [6, 6.07) is 14.9. The molecule has 4 amide bonds. The summed E-state index contributed by atoms with van der Waals surface area (Å²) in [7, 11) is 8.20. The van der Waals surface area contributed by atoms with Gasteiger partial charge in [-0.3, -0.25) is 29.0 Å². The van der Waals surface area contributed by atoms with E-state index in [0.717, 1.165) is 0 Å². The number of carbonyl (C=O) groups is 4. The number of anilines is 2. The van der Waals surface area contributed by atoms with Gasteiger partial charge in [-0.05, 0) is 57.7 Å². The fourth-order valence-electron chi connectivity index (χ4n) is 10.5. The molecule has 0 radical (unpaired) electrons. The van der Waals surface area contributed by atoms with E-state index in [1.165, 1.54) is 53.0 Å². The van der Waals surface area contributed by atoms with E-state index in [1.807, 2.05) is 62.4 Å². The number of hydrogen-bond acceptors (Lipinski definition) is 12. The van der Waals surface area contributed by atoms with Gasteiger partial charge in [-0.15, -0.1) is 0 Å². The van der Waals surface area contributed by atoms with Crippen LogP contribution in [0.15, 0.2) is 48.5 Å². The third kappa shape index (κ3) is 2.48. The van der Waals surface area contributed by atoms with Gasteiger partial charge in [0.1, 0.15) is 24.5 Å². The Hall–Kier alpha value is -2.76. The van der Waals surface area contributed by atoms with E-state index in [1.54, 1.807) is 23.9 Å². The molecule has 2 aromatic rings. The van der Waals surface area contributed by atoms with E-state index >= 15 is 0 Å². The number of hydrogen-bond donors (Lipinski definition) is 4. The van der Waals surface area contributed by atoms with Crippen LogP contribution in [0, 0.1) is 0 Å². The molecule has 12 nitrogen and oxygen atoms in total. The second kappa shape index (κ2) is 8.75. The van der Waals surface area contributed by atoms with Crippen molar-refractivity contribution in [3.8, 4) is 0 Å². The summed E-state index contributed by atoms with van der Waals surface area (Å²) in [5.41, 5.74) is -0.748. The van der Waals surface area contributed by atoms with Gasteiger partial charge in [-0.1, -0.05) is 71.8 Å². The number of aliphatic hydroxyl groups is 2. The van der Waals surface area contributed by atoms with Crippen molar-refractivity contribution in [2.75, 3.05) is 24.7 Å². The first-order valence-electron chi connectivity index (χ1n) is 16.0. The molecule has 4 N–H and O–H groups in total. The number of piperazine rings is 2. The highest BCUT2D eigenvalue weighted by atomic mass is 33.1. The van der Waals surface area contributed by atoms with Crippen molar-refractivity contribution < 1.29 is 29.4 Å². The van der Waals surface area contributed by atoms with Crippen LogP contribution in [0.4, 0.5) is 11.4 Å². The highest BCUT2D eigenvalue weighted by Crippen LogP contribution is 2.78. The smallest absolute Gasteiger partial charge is 0.264 e. The lowest BCUT2D eigenvalue weighted by Gasteiger charge is -2.59. The van der Waals surface area contributed by atoms with Crippen molar-refractivity contribution in [3.63, 3.8) is 0 Å². The van der Waals surface area contributed by atoms with Gasteiger partial charge in [-0.25, -0.2) is 0 Å². The molecule has 10 heterocycles. The molecule has 0 aromatic heterocycles. The Bertz CT molecular complexity index is 1800. The fraction of sp³-hybridized carbons (Fsp3) is 0.500. The topological polar surface area (TPSA) is 146 Å². The van der Waals surface area contributed by atoms with Crippen LogP contribution in [0.1, 0.15) is 37.8 Å². The van der Waals surface area contributed by atoms with Gasteiger partial charge in [0.2, 0.25) is 9.74 Å². The maximum atomic E-state index is 14.9. The van der Waals surface area contributed by atoms with Crippen LogP contribution in [0.3, 0.4) is 0 Å². The second-order valence-electron chi connectivity index (χ2n) is 13.8. The maximum Gasteiger partial charge on any atom is 0.264 e. The monoisotopic (exact) mass is 724 g/mol. The summed E-state index contributed by atoms with van der Waals surface area (Å²) < 4.78 is 0. The number of nitrogens with zero attached hydrogens (tertiary/aromatic N) is 4. The van der Waals surface area contributed by atoms with Crippen molar-refractivity contribution in [1.29, 1.82) is 0 Å². The first-order valence-corrected chi connectivity index (χ1v) is 20.3. The van der Waals surface area contributed by atoms with Crippen LogP contribution in [-0.4, -0.2) is 112 Å². The minimum Gasteiger partial charge on any atom is -0.388 e. The Balaban J connectivity index is 1.34. The zero-order valence-electron chi connectivity index (χ0n) is 26.3. The predicted molar refractivity (Wildman–Crippen MR) is 184 cm³/mol. The normalized spacial score (nSPS) is 45.5. The standard InChI is InChI=1S/C32H32N6O6S4/c1-5-27-23(41)37-21-29(15-11-7-9-13-17(15)33-21,19(39)31(37,47-45-27)25(43)35(27)3)30-16-12-8-10-14-18(16)34-22(30)38-24(42)28(6-2)36(4)26(44)32(38,20(30)40)48-46-28/h7-14,19-22,33-34,39-40H,5-6H2,1-4H3/t19-,20-,21+,22+,27-,28-,29+,30+,31-,32-/m0/s1. The summed E-state index contributed by atoms with van der Waals surface area (Å²) in [5, 5.41) is 33.9. The molecule has 2 spiro atoms. The molecule has 0 aliphatic carbocycles. The van der Waals surface area contributed by atoms with Crippen molar-refractivity contribution in [3.05, 3.63) is 59.7 Å². The van der Waals surface area contributed by atoms with Gasteiger partial charge in [0.15, 0.2) is 9.74 Å². The van der Waals surface area contributed by atoms with Crippen LogP contribution in [0.2, 0.25) is 0 Å². The van der Waals surface area contributed by atoms with E-state index in [9.17, 15) is 29.4 Å². The minimum atomic E-state index is -1.76. The zero-order chi connectivity index (χ0) is 33.6. The van der Waals surface area contributed by atoms with Gasteiger partial charge in [0.25, 0.3) is 23.6 Å². The van der Waals surface area contributed by atoms with E-state index in [0.29, 0.717) is 35.3 Å². The summed E-state index contributed by atoms with van der Waals surface area (Å²) in [5.74, 6) is -1.40. The highest BCUT2D eigenvalue weighted by Gasteiger charge is 2.93. The van der Waals surface area contributed by atoms with Crippen LogP contribution >= 0.6 is 43.2 Å². The summed E-state index contributed by atoms with van der Waals surface area (Å²) in [6.45, 7) is 3.74. The molecule has 10 aliphatic rings. The van der Waals surface area contributed by atoms with E-state index in [2.05, 4.69) is 10.6 Å². The number of nitrogens with one attached hydrogen (secondary N) is 2. The lowest BCUT2D eigenvalue weighted by Crippen LogP contribution is -2.78. The van der Waals surface area contributed by atoms with E-state index < -0.39 is 66.7 Å². The Morgan fingerprint density at radius 1 is 0.625 bits per heavy atom. The Morgan fingerprint density at radius 2 is 1.00 bits per heavy atom. The molecule has 4 bridgehead atoms. The van der Waals surface area contributed by atoms with Crippen molar-refractivity contribution in [2.24, 2.45) is 0 Å². The van der Waals surface area contributed by atoms with E-state index in [-0.39, 0.29) is 11.8 Å². The number of aliphatic hydroxyl groups excluding tert-OH is 2. The molecule has 48 heavy (non-hydrogen) atoms. The highest BCUT2D eigenvalue weighted by molar-refractivity contribution is 8.78. The van der Waals surface area contributed by atoms with Crippen LogP contribution in [-0.2, 0) is 30.0 Å². The number of amides is 4. The molecule has 0 saturated carbocycles. The lowest BCUT2D eigenvalue weighted by atomic mass is 9.52. The summed E-state index contributed by atoms with van der Waals surface area (Å²) >= 11 is 0. The Labute approximate surface area is 291 Å². The SMILES string of the molecule is CC[C@@]12SS[C@]3(C(=O)N1C)[C@@H](O)[C@]1([C@@]45c6ccccc6N[C@@H]4N4C(=O)[C@]6(CC)SS[C@]4(C(=O)N6C)[C@H]5O)c4ccccc4N[C@@H]1N3C2=O. The minimum absolute atomic E-state index is 0.305. The average Bonchev–Trinajstić information content (AvgIpc) is 3.75. The van der Waals surface area contributed by atoms with E-state index in [4.69, 9.17) is 0 Å². The fourth-order valence-corrected chi connectivity index (χ4v) is 18.4. The largest absolute Gasteiger partial charge is 0.388 e. The summed E-state index contributed by atoms with van der Waals surface area (Å²) in [4.78, 5) is 59.4. The average molecular weight is 725 g/mol. The molecule has 8 saturated heterocycles. The predicted octanol–water partition coefficient (Wildman–Crippen LogP) is 2.11. The Kier molecular flexibility index (Phi) is 5.48. The molecule has 10 atom stereocenters. The number of rotatable bonds is 3. The molecule has 16 heteroatoms. The van der Waals surface area contributed by atoms with Crippen LogP contribution in [0.5, 0.6) is 0 Å². The zero-order valence-corrected chi connectivity index (χ0v) is 29.6. The number of fused-ring (bicyclic) bond motifs is 11. The molecule has 10 aliphatic heterocycles. The number of carbonyl (C=O) groups excluding carboxylic acids is 4. The molecule has 250 valence electrons. The van der Waals surface area contributed by atoms with Gasteiger partial charge >= 0.3 is 0 Å².